The molecule has 1 aromatic rings. The van der Waals surface area contributed by atoms with Crippen LogP contribution in [0.5, 0.6) is 5.75 Å². The molecule has 0 aliphatic carbocycles. The minimum Gasteiger partial charge on any atom is -0.491 e. The Kier molecular flexibility index (Phi) is 4.13. The van der Waals surface area contributed by atoms with Crippen molar-refractivity contribution in [3.8, 4) is 5.75 Å². The number of hydrogen-bond acceptors (Lipinski definition) is 4. The first kappa shape index (κ1) is 13.7. The molecule has 0 bridgehead atoms. The fourth-order valence-corrected chi connectivity index (χ4v) is 3.23. The normalized spacial score (nSPS) is 26.6. The van der Waals surface area contributed by atoms with Crippen LogP contribution in [-0.2, 0) is 4.74 Å². The molecule has 110 valence electrons. The van der Waals surface area contributed by atoms with Gasteiger partial charge in [-0.1, -0.05) is 12.1 Å². The third-order valence-electron chi connectivity index (χ3n) is 4.40. The Hall–Kier alpha value is -1.26. The number of nitrogens with two attached hydrogens (primary N) is 1. The molecule has 0 spiro atoms. The van der Waals surface area contributed by atoms with Gasteiger partial charge in [-0.2, -0.15) is 0 Å². The average Bonchev–Trinajstić information content (AvgIpc) is 2.71. The van der Waals surface area contributed by atoms with Gasteiger partial charge < -0.3 is 20.1 Å². The highest BCUT2D eigenvalue weighted by atomic mass is 16.5. The zero-order valence-electron chi connectivity index (χ0n) is 12.0. The zero-order valence-corrected chi connectivity index (χ0v) is 12.0. The first-order valence-corrected chi connectivity index (χ1v) is 7.58. The van der Waals surface area contributed by atoms with Crippen LogP contribution in [0, 0.1) is 5.41 Å². The van der Waals surface area contributed by atoms with Crippen molar-refractivity contribution in [2.45, 2.75) is 19.3 Å². The summed E-state index contributed by atoms with van der Waals surface area (Å²) in [6, 6.07) is 8.31. The van der Waals surface area contributed by atoms with Crippen LogP contribution < -0.4 is 15.4 Å². The third-order valence-corrected chi connectivity index (χ3v) is 4.40. The van der Waals surface area contributed by atoms with Crippen LogP contribution in [0.15, 0.2) is 24.3 Å². The third kappa shape index (κ3) is 2.76. The summed E-state index contributed by atoms with van der Waals surface area (Å²) in [5.74, 6) is 0.994. The highest BCUT2D eigenvalue weighted by molar-refractivity contribution is 5.59. The van der Waals surface area contributed by atoms with Gasteiger partial charge in [-0.05, 0) is 31.4 Å². The maximum Gasteiger partial charge on any atom is 0.142 e. The first-order valence-electron chi connectivity index (χ1n) is 7.58. The number of hydrogen-bond donors (Lipinski definition) is 1. The Morgan fingerprint density at radius 1 is 1.20 bits per heavy atom. The molecular weight excluding hydrogens is 252 g/mol. The molecule has 2 heterocycles. The zero-order chi connectivity index (χ0) is 13.8. The molecule has 4 heteroatoms. The molecular formula is C16H24N2O2. The molecule has 0 saturated carbocycles. The lowest BCUT2D eigenvalue weighted by atomic mass is 9.82. The van der Waals surface area contributed by atoms with E-state index in [4.69, 9.17) is 15.2 Å². The van der Waals surface area contributed by atoms with E-state index in [1.807, 2.05) is 6.07 Å². The Morgan fingerprint density at radius 3 is 2.90 bits per heavy atom. The SMILES string of the molecule is NCC1(CN2CCCOc3ccccc32)CCCOC1. The van der Waals surface area contributed by atoms with Gasteiger partial charge in [0.1, 0.15) is 5.75 Å². The Labute approximate surface area is 120 Å². The number of fused-ring (bicyclic) bond motifs is 1. The predicted molar refractivity (Wildman–Crippen MR) is 80.3 cm³/mol. The van der Waals surface area contributed by atoms with Gasteiger partial charge in [0.2, 0.25) is 0 Å². The number of anilines is 1. The van der Waals surface area contributed by atoms with Crippen LogP contribution >= 0.6 is 0 Å². The van der Waals surface area contributed by atoms with Crippen molar-refractivity contribution in [3.63, 3.8) is 0 Å². The summed E-state index contributed by atoms with van der Waals surface area (Å²) in [4.78, 5) is 2.43. The van der Waals surface area contributed by atoms with Crippen LogP contribution in [0.4, 0.5) is 5.69 Å². The summed E-state index contributed by atoms with van der Waals surface area (Å²) in [6.45, 7) is 5.12. The van der Waals surface area contributed by atoms with Gasteiger partial charge in [0.25, 0.3) is 0 Å². The van der Waals surface area contributed by atoms with Crippen LogP contribution in [-0.4, -0.2) is 39.5 Å². The molecule has 1 fully saturated rings. The van der Waals surface area contributed by atoms with E-state index in [1.165, 1.54) is 5.69 Å². The van der Waals surface area contributed by atoms with E-state index in [-0.39, 0.29) is 5.41 Å². The quantitative estimate of drug-likeness (QED) is 0.917. The molecule has 1 saturated heterocycles. The molecule has 1 atom stereocenters. The second-order valence-corrected chi connectivity index (χ2v) is 5.95. The first-order chi connectivity index (χ1) is 9.83. The lowest BCUT2D eigenvalue weighted by Crippen LogP contribution is -2.48. The van der Waals surface area contributed by atoms with Gasteiger partial charge >= 0.3 is 0 Å². The largest absolute Gasteiger partial charge is 0.491 e. The van der Waals surface area contributed by atoms with Crippen molar-refractivity contribution >= 4 is 5.69 Å². The van der Waals surface area contributed by atoms with E-state index in [1.54, 1.807) is 0 Å². The van der Waals surface area contributed by atoms with Gasteiger partial charge in [-0.25, -0.2) is 0 Å². The summed E-state index contributed by atoms with van der Waals surface area (Å²) < 4.78 is 11.5. The van der Waals surface area contributed by atoms with Gasteiger partial charge in [-0.3, -0.25) is 0 Å². The van der Waals surface area contributed by atoms with E-state index < -0.39 is 0 Å². The summed E-state index contributed by atoms with van der Waals surface area (Å²) in [6.07, 6.45) is 3.32. The van der Waals surface area contributed by atoms with Crippen LogP contribution in [0.2, 0.25) is 0 Å². The smallest absolute Gasteiger partial charge is 0.142 e. The van der Waals surface area contributed by atoms with Crippen molar-refractivity contribution in [1.29, 1.82) is 0 Å². The topological polar surface area (TPSA) is 47.7 Å². The molecule has 20 heavy (non-hydrogen) atoms. The van der Waals surface area contributed by atoms with Gasteiger partial charge in [0, 0.05) is 31.7 Å². The monoisotopic (exact) mass is 276 g/mol. The van der Waals surface area contributed by atoms with Crippen molar-refractivity contribution in [2.24, 2.45) is 11.1 Å². The number of rotatable bonds is 3. The van der Waals surface area contributed by atoms with E-state index in [0.717, 1.165) is 57.9 Å². The molecule has 3 rings (SSSR count). The van der Waals surface area contributed by atoms with E-state index >= 15 is 0 Å². The minimum absolute atomic E-state index is 0.0930. The number of nitrogens with zero attached hydrogens (tertiary/aromatic N) is 1. The Bertz CT molecular complexity index is 444. The predicted octanol–water partition coefficient (Wildman–Crippen LogP) is 2.03. The van der Waals surface area contributed by atoms with Gasteiger partial charge in [0.15, 0.2) is 0 Å². The van der Waals surface area contributed by atoms with Crippen LogP contribution in [0.3, 0.4) is 0 Å². The molecule has 0 amide bonds. The van der Waals surface area contributed by atoms with Crippen molar-refractivity contribution in [1.82, 2.24) is 0 Å². The molecule has 2 N–H and O–H groups in total. The van der Waals surface area contributed by atoms with Crippen molar-refractivity contribution in [2.75, 3.05) is 44.4 Å². The fraction of sp³-hybridized carbons (Fsp3) is 0.625. The maximum absolute atomic E-state index is 6.08. The minimum atomic E-state index is 0.0930. The summed E-state index contributed by atoms with van der Waals surface area (Å²) in [5, 5.41) is 0. The van der Waals surface area contributed by atoms with Crippen LogP contribution in [0.25, 0.3) is 0 Å². The fourth-order valence-electron chi connectivity index (χ4n) is 3.23. The molecule has 2 aliphatic rings. The second-order valence-electron chi connectivity index (χ2n) is 5.95. The highest BCUT2D eigenvalue weighted by Gasteiger charge is 2.34. The van der Waals surface area contributed by atoms with Crippen LogP contribution in [0.1, 0.15) is 19.3 Å². The summed E-state index contributed by atoms with van der Waals surface area (Å²) in [5.41, 5.74) is 7.37. The average molecular weight is 276 g/mol. The summed E-state index contributed by atoms with van der Waals surface area (Å²) >= 11 is 0. The Morgan fingerprint density at radius 2 is 2.10 bits per heavy atom. The molecule has 2 aliphatic heterocycles. The lowest BCUT2D eigenvalue weighted by molar-refractivity contribution is 0.00122. The highest BCUT2D eigenvalue weighted by Crippen LogP contribution is 2.35. The van der Waals surface area contributed by atoms with E-state index in [9.17, 15) is 0 Å². The van der Waals surface area contributed by atoms with Crippen molar-refractivity contribution < 1.29 is 9.47 Å². The molecule has 4 nitrogen and oxygen atoms in total. The molecule has 0 radical (unpaired) electrons. The number of ether oxygens (including phenoxy) is 2. The molecule has 0 aromatic heterocycles. The van der Waals surface area contributed by atoms with Gasteiger partial charge in [-0.15, -0.1) is 0 Å². The Balaban J connectivity index is 1.82. The van der Waals surface area contributed by atoms with Crippen molar-refractivity contribution in [3.05, 3.63) is 24.3 Å². The number of benzene rings is 1. The van der Waals surface area contributed by atoms with Gasteiger partial charge in [0.05, 0.1) is 18.9 Å². The summed E-state index contributed by atoms with van der Waals surface area (Å²) in [7, 11) is 0. The lowest BCUT2D eigenvalue weighted by Gasteiger charge is -2.40. The molecule has 1 unspecified atom stereocenters. The van der Waals surface area contributed by atoms with E-state index in [0.29, 0.717) is 6.54 Å². The standard InChI is InChI=1S/C16H24N2O2/c17-11-16(7-3-9-19-13-16)12-18-8-4-10-20-15-6-2-1-5-14(15)18/h1-2,5-6H,3-4,7-13,17H2. The maximum atomic E-state index is 6.08. The second kappa shape index (κ2) is 6.02. The van der Waals surface area contributed by atoms with E-state index in [2.05, 4.69) is 23.1 Å². The number of para-hydroxylation sites is 2. The molecule has 1 aromatic carbocycles.